The molecule has 0 unspecified atom stereocenters. The summed E-state index contributed by atoms with van der Waals surface area (Å²) in [6, 6.07) is 0. The van der Waals surface area contributed by atoms with E-state index in [0.29, 0.717) is 22.5 Å². The van der Waals surface area contributed by atoms with Crippen molar-refractivity contribution >= 4 is 17.7 Å². The Balaban J connectivity index is 2.77. The number of carboxylic acids is 1. The largest absolute Gasteiger partial charge is 0.478 e. The molecule has 4 nitrogen and oxygen atoms in total. The zero-order valence-corrected chi connectivity index (χ0v) is 12.2. The molecule has 0 aliphatic heterocycles. The van der Waals surface area contributed by atoms with Gasteiger partial charge in [0, 0.05) is 0 Å². The highest BCUT2D eigenvalue weighted by Crippen LogP contribution is 2.24. The second-order valence-electron chi connectivity index (χ2n) is 4.73. The first-order valence-electron chi connectivity index (χ1n) is 6.13. The molecule has 100 valence electrons. The van der Waals surface area contributed by atoms with Gasteiger partial charge in [0.1, 0.15) is 16.4 Å². The number of carbonyl (C=O) groups is 1. The number of hydrogen-bond acceptors (Lipinski definition) is 4. The standard InChI is InChI=1S/C13H20N2O2S/c1-8(2)6-5-7-18-12-11(13(16)17)9(3)14-10(4)15-12/h8H,5-7H2,1-4H3,(H,16,17). The van der Waals surface area contributed by atoms with E-state index >= 15 is 0 Å². The second kappa shape index (κ2) is 6.73. The predicted molar refractivity (Wildman–Crippen MR) is 73.3 cm³/mol. The van der Waals surface area contributed by atoms with Crippen LogP contribution in [-0.2, 0) is 0 Å². The number of hydrogen-bond donors (Lipinski definition) is 1. The third kappa shape index (κ3) is 4.29. The molecule has 0 bridgehead atoms. The fraction of sp³-hybridized carbons (Fsp3) is 0.615. The molecular formula is C13H20N2O2S. The van der Waals surface area contributed by atoms with E-state index in [1.807, 2.05) is 0 Å². The average molecular weight is 268 g/mol. The highest BCUT2D eigenvalue weighted by atomic mass is 32.2. The van der Waals surface area contributed by atoms with Crippen molar-refractivity contribution in [3.63, 3.8) is 0 Å². The van der Waals surface area contributed by atoms with Crippen LogP contribution >= 0.6 is 11.8 Å². The van der Waals surface area contributed by atoms with Crippen LogP contribution in [0.2, 0.25) is 0 Å². The van der Waals surface area contributed by atoms with Gasteiger partial charge in [-0.25, -0.2) is 14.8 Å². The van der Waals surface area contributed by atoms with Crippen LogP contribution in [0.5, 0.6) is 0 Å². The van der Waals surface area contributed by atoms with Gasteiger partial charge in [-0.1, -0.05) is 20.3 Å². The SMILES string of the molecule is Cc1nc(C)c(C(=O)O)c(SCCCC(C)C)n1. The lowest BCUT2D eigenvalue weighted by Gasteiger charge is -2.09. The van der Waals surface area contributed by atoms with Crippen LogP contribution in [0.3, 0.4) is 0 Å². The molecular weight excluding hydrogens is 248 g/mol. The lowest BCUT2D eigenvalue weighted by atomic mass is 10.1. The lowest BCUT2D eigenvalue weighted by Crippen LogP contribution is -2.08. The van der Waals surface area contributed by atoms with E-state index in [4.69, 9.17) is 0 Å². The summed E-state index contributed by atoms with van der Waals surface area (Å²) in [6.07, 6.45) is 2.22. The first-order valence-corrected chi connectivity index (χ1v) is 7.11. The fourth-order valence-electron chi connectivity index (χ4n) is 1.69. The molecule has 0 aliphatic rings. The van der Waals surface area contributed by atoms with E-state index in [-0.39, 0.29) is 5.56 Å². The molecule has 0 amide bonds. The zero-order valence-electron chi connectivity index (χ0n) is 11.4. The average Bonchev–Trinajstić information content (AvgIpc) is 2.22. The van der Waals surface area contributed by atoms with Crippen LogP contribution in [-0.4, -0.2) is 26.8 Å². The number of aryl methyl sites for hydroxylation is 2. The summed E-state index contributed by atoms with van der Waals surface area (Å²) in [5.41, 5.74) is 0.788. The molecule has 0 aliphatic carbocycles. The highest BCUT2D eigenvalue weighted by molar-refractivity contribution is 7.99. The van der Waals surface area contributed by atoms with Crippen molar-refractivity contribution in [1.29, 1.82) is 0 Å². The summed E-state index contributed by atoms with van der Waals surface area (Å²) in [7, 11) is 0. The Morgan fingerprint density at radius 2 is 2.00 bits per heavy atom. The summed E-state index contributed by atoms with van der Waals surface area (Å²) < 4.78 is 0. The molecule has 5 heteroatoms. The summed E-state index contributed by atoms with van der Waals surface area (Å²) in [4.78, 5) is 19.6. The number of thioether (sulfide) groups is 1. The number of carboxylic acid groups (broad SMARTS) is 1. The Labute approximate surface area is 112 Å². The van der Waals surface area contributed by atoms with E-state index < -0.39 is 5.97 Å². The van der Waals surface area contributed by atoms with Crippen molar-refractivity contribution in [2.24, 2.45) is 5.92 Å². The molecule has 1 heterocycles. The van der Waals surface area contributed by atoms with Gasteiger partial charge >= 0.3 is 5.97 Å². The van der Waals surface area contributed by atoms with E-state index in [0.717, 1.165) is 18.6 Å². The Morgan fingerprint density at radius 1 is 1.33 bits per heavy atom. The zero-order chi connectivity index (χ0) is 13.7. The summed E-state index contributed by atoms with van der Waals surface area (Å²) in [6.45, 7) is 7.88. The van der Waals surface area contributed by atoms with Crippen molar-refractivity contribution in [2.45, 2.75) is 45.6 Å². The number of rotatable bonds is 6. The van der Waals surface area contributed by atoms with E-state index in [1.54, 1.807) is 13.8 Å². The molecule has 0 radical (unpaired) electrons. The molecule has 1 aromatic heterocycles. The van der Waals surface area contributed by atoms with Gasteiger partial charge < -0.3 is 5.11 Å². The van der Waals surface area contributed by atoms with Crippen LogP contribution in [0.1, 0.15) is 48.6 Å². The third-order valence-corrected chi connectivity index (χ3v) is 3.61. The monoisotopic (exact) mass is 268 g/mol. The summed E-state index contributed by atoms with van der Waals surface area (Å²) in [5.74, 6) is 1.26. The molecule has 1 rings (SSSR count). The maximum Gasteiger partial charge on any atom is 0.340 e. The van der Waals surface area contributed by atoms with Crippen molar-refractivity contribution in [2.75, 3.05) is 5.75 Å². The van der Waals surface area contributed by atoms with Crippen LogP contribution in [0.25, 0.3) is 0 Å². The van der Waals surface area contributed by atoms with Crippen LogP contribution < -0.4 is 0 Å². The molecule has 0 aromatic carbocycles. The van der Waals surface area contributed by atoms with Crippen LogP contribution in [0, 0.1) is 19.8 Å². The third-order valence-electron chi connectivity index (χ3n) is 2.55. The first kappa shape index (κ1) is 15.0. The minimum atomic E-state index is -0.946. The molecule has 0 fully saturated rings. The van der Waals surface area contributed by atoms with Crippen molar-refractivity contribution in [3.8, 4) is 0 Å². The molecule has 18 heavy (non-hydrogen) atoms. The van der Waals surface area contributed by atoms with Gasteiger partial charge in [0.05, 0.1) is 5.69 Å². The number of aromatic nitrogens is 2. The highest BCUT2D eigenvalue weighted by Gasteiger charge is 2.17. The van der Waals surface area contributed by atoms with Crippen LogP contribution in [0.15, 0.2) is 5.03 Å². The molecule has 0 saturated carbocycles. The quantitative estimate of drug-likeness (QED) is 0.487. The van der Waals surface area contributed by atoms with Gasteiger partial charge in [-0.3, -0.25) is 0 Å². The maximum atomic E-state index is 11.2. The summed E-state index contributed by atoms with van der Waals surface area (Å²) >= 11 is 1.51. The van der Waals surface area contributed by atoms with Crippen molar-refractivity contribution in [3.05, 3.63) is 17.1 Å². The molecule has 0 saturated heterocycles. The Hall–Kier alpha value is -1.10. The Morgan fingerprint density at radius 3 is 2.56 bits per heavy atom. The normalized spacial score (nSPS) is 10.9. The maximum absolute atomic E-state index is 11.2. The van der Waals surface area contributed by atoms with Gasteiger partial charge in [-0.05, 0) is 31.9 Å². The molecule has 0 atom stereocenters. The minimum absolute atomic E-state index is 0.246. The topological polar surface area (TPSA) is 63.1 Å². The van der Waals surface area contributed by atoms with E-state index in [9.17, 15) is 9.90 Å². The van der Waals surface area contributed by atoms with Gasteiger partial charge in [0.15, 0.2) is 0 Å². The first-order chi connectivity index (χ1) is 8.41. The Bertz CT molecular complexity index is 433. The van der Waals surface area contributed by atoms with Crippen molar-refractivity contribution in [1.82, 2.24) is 9.97 Å². The number of nitrogens with zero attached hydrogens (tertiary/aromatic N) is 2. The Kier molecular flexibility index (Phi) is 5.59. The molecule has 1 N–H and O–H groups in total. The van der Waals surface area contributed by atoms with E-state index in [2.05, 4.69) is 23.8 Å². The summed E-state index contributed by atoms with van der Waals surface area (Å²) in [5, 5.41) is 9.78. The number of aromatic carboxylic acids is 1. The van der Waals surface area contributed by atoms with Crippen LogP contribution in [0.4, 0.5) is 0 Å². The van der Waals surface area contributed by atoms with E-state index in [1.165, 1.54) is 11.8 Å². The fourth-order valence-corrected chi connectivity index (χ4v) is 2.77. The smallest absolute Gasteiger partial charge is 0.340 e. The molecule has 1 aromatic rings. The second-order valence-corrected chi connectivity index (χ2v) is 5.81. The van der Waals surface area contributed by atoms with Gasteiger partial charge in [-0.15, -0.1) is 11.8 Å². The minimum Gasteiger partial charge on any atom is -0.478 e. The molecule has 0 spiro atoms. The van der Waals surface area contributed by atoms with Crippen molar-refractivity contribution < 1.29 is 9.90 Å². The predicted octanol–water partition coefficient (Wildman–Crippen LogP) is 3.32. The lowest BCUT2D eigenvalue weighted by molar-refractivity contribution is 0.0690. The van der Waals surface area contributed by atoms with Gasteiger partial charge in [0.2, 0.25) is 0 Å². The van der Waals surface area contributed by atoms with Gasteiger partial charge in [0.25, 0.3) is 0 Å². The van der Waals surface area contributed by atoms with Gasteiger partial charge in [-0.2, -0.15) is 0 Å².